The van der Waals surface area contributed by atoms with Crippen LogP contribution in [0.25, 0.3) is 0 Å². The fourth-order valence-electron chi connectivity index (χ4n) is 5.86. The zero-order valence-electron chi connectivity index (χ0n) is 27.9. The lowest BCUT2D eigenvalue weighted by Gasteiger charge is -2.33. The van der Waals surface area contributed by atoms with Crippen LogP contribution in [0, 0.1) is 5.41 Å². The van der Waals surface area contributed by atoms with Crippen molar-refractivity contribution >= 4 is 35.3 Å². The highest BCUT2D eigenvalue weighted by Gasteiger charge is 2.36. The number of phenols is 2. The van der Waals surface area contributed by atoms with Gasteiger partial charge in [-0.3, -0.25) is 9.59 Å². The van der Waals surface area contributed by atoms with Crippen molar-refractivity contribution in [3.05, 3.63) is 41.5 Å². The Kier molecular flexibility index (Phi) is 14.5. The van der Waals surface area contributed by atoms with Gasteiger partial charge >= 0.3 is 5.97 Å². The van der Waals surface area contributed by atoms with Crippen molar-refractivity contribution in [2.24, 2.45) is 0 Å². The normalized spacial score (nSPS) is 28.4. The molecule has 2 saturated heterocycles. The molecule has 1 aromatic rings. The van der Waals surface area contributed by atoms with Crippen LogP contribution in [0.3, 0.4) is 0 Å². The molecule has 3 aliphatic heterocycles. The van der Waals surface area contributed by atoms with Crippen LogP contribution in [0.1, 0.15) is 61.4 Å². The fourth-order valence-corrected chi connectivity index (χ4v) is 6.80. The van der Waals surface area contributed by atoms with Gasteiger partial charge in [-0.25, -0.2) is 4.79 Å². The Morgan fingerprint density at radius 3 is 2.54 bits per heavy atom. The minimum atomic E-state index is -1.57. The number of ether oxygens (including phenoxy) is 3. The molecule has 276 valence electrons. The number of esters is 1. The molecule has 16 heteroatoms. The first-order chi connectivity index (χ1) is 23.8. The number of carbonyl (C=O) groups is 3. The number of allylic oxidation sites excluding steroid dienone is 1. The molecule has 0 spiro atoms. The third-order valence-electron chi connectivity index (χ3n) is 8.53. The summed E-state index contributed by atoms with van der Waals surface area (Å²) in [4.78, 5) is 40.8. The maximum Gasteiger partial charge on any atom is 0.342 e. The van der Waals surface area contributed by atoms with Crippen LogP contribution >= 0.6 is 11.8 Å². The zero-order valence-corrected chi connectivity index (χ0v) is 28.7. The van der Waals surface area contributed by atoms with Gasteiger partial charge in [0.15, 0.2) is 18.1 Å². The topological polar surface area (TPSA) is 239 Å². The number of hydrogen-bond acceptors (Lipinski definition) is 14. The molecule has 1 aromatic carbocycles. The first kappa shape index (κ1) is 39.1. The van der Waals surface area contributed by atoms with E-state index in [1.807, 2.05) is 0 Å². The summed E-state index contributed by atoms with van der Waals surface area (Å²) in [6, 6.07) is 0.383. The van der Waals surface area contributed by atoms with E-state index in [0.29, 0.717) is 13.1 Å². The lowest BCUT2D eigenvalue weighted by molar-refractivity contribution is -0.137. The molecule has 7 unspecified atom stereocenters. The average Bonchev–Trinajstić information content (AvgIpc) is 3.06. The second-order valence-electron chi connectivity index (χ2n) is 12.7. The number of fused-ring (bicyclic) bond motifs is 1. The van der Waals surface area contributed by atoms with Crippen molar-refractivity contribution in [1.29, 1.82) is 5.41 Å². The Morgan fingerprint density at radius 1 is 1.06 bits per heavy atom. The minimum absolute atomic E-state index is 0.0148. The molecule has 4 rings (SSSR count). The third kappa shape index (κ3) is 10.9. The molecule has 2 fully saturated rings. The number of benzene rings is 1. The Hall–Kier alpha value is -3.67. The summed E-state index contributed by atoms with van der Waals surface area (Å²) in [7, 11) is 0. The monoisotopic (exact) mass is 721 g/mol. The maximum atomic E-state index is 13.4. The zero-order chi connectivity index (χ0) is 36.4. The number of cyclic esters (lactones) is 1. The Labute approximate surface area is 294 Å². The van der Waals surface area contributed by atoms with Gasteiger partial charge in [0.05, 0.1) is 30.6 Å². The van der Waals surface area contributed by atoms with E-state index >= 15 is 0 Å². The second-order valence-corrected chi connectivity index (χ2v) is 13.8. The van der Waals surface area contributed by atoms with Gasteiger partial charge in [-0.2, -0.15) is 0 Å². The summed E-state index contributed by atoms with van der Waals surface area (Å²) in [5, 5.41) is 73.5. The van der Waals surface area contributed by atoms with Crippen molar-refractivity contribution in [2.75, 3.05) is 32.1 Å². The predicted octanol–water partition coefficient (Wildman–Crippen LogP) is 0.911. The second kappa shape index (κ2) is 18.5. The van der Waals surface area contributed by atoms with Gasteiger partial charge in [0, 0.05) is 49.7 Å². The number of piperidine rings is 1. The van der Waals surface area contributed by atoms with Crippen molar-refractivity contribution in [1.82, 2.24) is 10.2 Å². The quantitative estimate of drug-likeness (QED) is 0.145. The lowest BCUT2D eigenvalue weighted by atomic mass is 9.98. The minimum Gasteiger partial charge on any atom is -0.507 e. The van der Waals surface area contributed by atoms with Crippen LogP contribution in [-0.4, -0.2) is 133 Å². The number of nitrogens with zero attached hydrogens (tertiary/aromatic N) is 1. The highest BCUT2D eigenvalue weighted by Crippen LogP contribution is 2.40. The van der Waals surface area contributed by atoms with Crippen molar-refractivity contribution in [3.63, 3.8) is 0 Å². The lowest BCUT2D eigenvalue weighted by Crippen LogP contribution is -2.49. The van der Waals surface area contributed by atoms with E-state index in [2.05, 4.69) is 5.32 Å². The van der Waals surface area contributed by atoms with Crippen molar-refractivity contribution in [2.45, 2.75) is 93.9 Å². The van der Waals surface area contributed by atoms with Crippen LogP contribution < -0.4 is 10.1 Å². The molecule has 0 saturated carbocycles. The number of aliphatic hydroxyl groups is 4. The van der Waals surface area contributed by atoms with Gasteiger partial charge in [-0.1, -0.05) is 18.2 Å². The van der Waals surface area contributed by atoms with E-state index in [4.69, 9.17) is 19.6 Å². The van der Waals surface area contributed by atoms with Crippen LogP contribution in [0.5, 0.6) is 17.2 Å². The van der Waals surface area contributed by atoms with Gasteiger partial charge in [0.2, 0.25) is 5.91 Å². The van der Waals surface area contributed by atoms with Gasteiger partial charge in [-0.15, -0.1) is 11.8 Å². The van der Waals surface area contributed by atoms with Crippen LogP contribution in [0.15, 0.2) is 30.4 Å². The van der Waals surface area contributed by atoms with Gasteiger partial charge in [0.1, 0.15) is 35.1 Å². The standard InChI is InChI=1S/C34H47N3O12S/c1-19-7-5-9-21(36-27(42)18-50-34-31(45)30(44)25(40)14-22(38)16-48-34)10-6-8-20(35)13-23-29(33(46)49-19)24(39)15-26(41)32(23)47-17-28(43)37-11-3-2-4-12-37/h5-6,8-9,15,19,21-22,25,30-31,34-35,38-41,44-45H,2-4,7,10-14,16-18H2,1H3,(H,36,42). The molecule has 15 nitrogen and oxygen atoms in total. The largest absolute Gasteiger partial charge is 0.507 e. The van der Waals surface area contributed by atoms with Crippen LogP contribution in [0.4, 0.5) is 0 Å². The molecule has 0 aliphatic carbocycles. The number of thioether (sulfide) groups is 1. The molecule has 3 heterocycles. The van der Waals surface area contributed by atoms with E-state index < -0.39 is 72.0 Å². The number of aromatic hydroxyl groups is 2. The van der Waals surface area contributed by atoms with Crippen molar-refractivity contribution in [3.8, 4) is 17.2 Å². The number of likely N-dealkylation sites (tertiary alicyclic amines) is 1. The third-order valence-corrected chi connectivity index (χ3v) is 9.70. The molecule has 50 heavy (non-hydrogen) atoms. The Bertz CT molecular complexity index is 1430. The SMILES string of the molecule is CC1CC=CC(NC(=O)CSC2OCC(O)CC(O)C(O)C2O)CC=CC(=N)Cc2c(OCC(=O)N3CCCCC3)c(O)cc(O)c2C(=O)O1. The summed E-state index contributed by atoms with van der Waals surface area (Å²) < 4.78 is 16.8. The first-order valence-corrected chi connectivity index (χ1v) is 17.7. The number of aliphatic hydroxyl groups excluding tert-OH is 4. The Morgan fingerprint density at radius 2 is 1.80 bits per heavy atom. The predicted molar refractivity (Wildman–Crippen MR) is 182 cm³/mol. The average molecular weight is 722 g/mol. The van der Waals surface area contributed by atoms with E-state index in [0.717, 1.165) is 37.1 Å². The van der Waals surface area contributed by atoms with E-state index in [-0.39, 0.29) is 66.5 Å². The Balaban J connectivity index is 1.47. The molecule has 0 bridgehead atoms. The highest BCUT2D eigenvalue weighted by molar-refractivity contribution is 8.00. The molecule has 8 N–H and O–H groups in total. The molecular weight excluding hydrogens is 674 g/mol. The number of phenolic OH excluding ortho intramolecular Hbond substituents is 2. The number of hydrogen-bond donors (Lipinski definition) is 8. The summed E-state index contributed by atoms with van der Waals surface area (Å²) in [5.41, 5.74) is -1.43. The van der Waals surface area contributed by atoms with Gasteiger partial charge in [0.25, 0.3) is 5.91 Å². The number of rotatable bonds is 7. The summed E-state index contributed by atoms with van der Waals surface area (Å²) in [6.07, 6.45) is 3.15. The molecule has 3 aliphatic rings. The van der Waals surface area contributed by atoms with Gasteiger partial charge < -0.3 is 60.5 Å². The fraction of sp³-hybridized carbons (Fsp3) is 0.588. The smallest absolute Gasteiger partial charge is 0.342 e. The summed E-state index contributed by atoms with van der Waals surface area (Å²) in [5.74, 6) is -3.12. The number of amides is 2. The molecule has 7 atom stereocenters. The van der Waals surface area contributed by atoms with E-state index in [9.17, 15) is 45.0 Å². The molecule has 2 amide bonds. The van der Waals surface area contributed by atoms with Crippen molar-refractivity contribution < 1.29 is 59.2 Å². The van der Waals surface area contributed by atoms with Crippen LogP contribution in [-0.2, 0) is 25.5 Å². The maximum absolute atomic E-state index is 13.4. The summed E-state index contributed by atoms with van der Waals surface area (Å²) in [6.45, 7) is 2.21. The first-order valence-electron chi connectivity index (χ1n) is 16.7. The van der Waals surface area contributed by atoms with Gasteiger partial charge in [-0.05, 0) is 38.7 Å². The van der Waals surface area contributed by atoms with E-state index in [1.54, 1.807) is 30.1 Å². The van der Waals surface area contributed by atoms with E-state index in [1.165, 1.54) is 6.08 Å². The highest BCUT2D eigenvalue weighted by atomic mass is 32.2. The number of nitrogens with one attached hydrogen (secondary N) is 2. The molecular formula is C34H47N3O12S. The van der Waals surface area contributed by atoms with Crippen LogP contribution in [0.2, 0.25) is 0 Å². The molecule has 0 radical (unpaired) electrons. The summed E-state index contributed by atoms with van der Waals surface area (Å²) >= 11 is 0.896. The number of carbonyl (C=O) groups excluding carboxylic acids is 3. The molecule has 0 aromatic heterocycles.